The molecule has 1 unspecified atom stereocenters. The van der Waals surface area contributed by atoms with Crippen LogP contribution in [0.5, 0.6) is 0 Å². The summed E-state index contributed by atoms with van der Waals surface area (Å²) in [4.78, 5) is 26.8. The Labute approximate surface area is 136 Å². The highest BCUT2D eigenvalue weighted by atomic mass is 35.5. The largest absolute Gasteiger partial charge is 0.352 e. The van der Waals surface area contributed by atoms with Gasteiger partial charge >= 0.3 is 0 Å². The van der Waals surface area contributed by atoms with Gasteiger partial charge in [0.2, 0.25) is 11.8 Å². The summed E-state index contributed by atoms with van der Waals surface area (Å²) in [6.07, 6.45) is 1.72. The van der Waals surface area contributed by atoms with Crippen LogP contribution in [0.3, 0.4) is 0 Å². The highest BCUT2D eigenvalue weighted by Gasteiger charge is 2.37. The number of halogens is 1. The minimum absolute atomic E-state index is 0. The van der Waals surface area contributed by atoms with Crippen molar-refractivity contribution in [3.8, 4) is 0 Å². The number of amides is 2. The number of carbonyl (C=O) groups is 2. The Kier molecular flexibility index (Phi) is 5.80. The summed E-state index contributed by atoms with van der Waals surface area (Å²) in [6.45, 7) is 2.89. The lowest BCUT2D eigenvalue weighted by molar-refractivity contribution is -0.147. The van der Waals surface area contributed by atoms with Gasteiger partial charge in [0.05, 0.1) is 0 Å². The maximum Gasteiger partial charge on any atom is 0.247 e. The maximum atomic E-state index is 12.8. The van der Waals surface area contributed by atoms with E-state index < -0.39 is 6.04 Å². The Balaban J connectivity index is 0.00000176. The lowest BCUT2D eigenvalue weighted by atomic mass is 9.94. The van der Waals surface area contributed by atoms with E-state index in [1.54, 1.807) is 4.90 Å². The predicted molar refractivity (Wildman–Crippen MR) is 86.7 cm³/mol. The second-order valence-electron chi connectivity index (χ2n) is 5.66. The van der Waals surface area contributed by atoms with Crippen molar-refractivity contribution in [1.29, 1.82) is 0 Å². The van der Waals surface area contributed by atoms with E-state index in [9.17, 15) is 9.59 Å². The number of carbonyl (C=O) groups excluding carboxylic acids is 2. The van der Waals surface area contributed by atoms with Gasteiger partial charge in [-0.05, 0) is 31.5 Å². The zero-order valence-electron chi connectivity index (χ0n) is 12.5. The van der Waals surface area contributed by atoms with Crippen LogP contribution in [0.25, 0.3) is 0 Å². The smallest absolute Gasteiger partial charge is 0.247 e. The molecule has 0 aliphatic carbocycles. The van der Waals surface area contributed by atoms with Crippen molar-refractivity contribution in [2.45, 2.75) is 18.9 Å². The topological polar surface area (TPSA) is 61.4 Å². The molecule has 1 aromatic rings. The average Bonchev–Trinajstić information content (AvgIpc) is 2.55. The van der Waals surface area contributed by atoms with E-state index in [1.165, 1.54) is 0 Å². The lowest BCUT2D eigenvalue weighted by Crippen LogP contribution is -2.54. The average molecular weight is 324 g/mol. The van der Waals surface area contributed by atoms with Gasteiger partial charge in [-0.1, -0.05) is 30.3 Å². The number of rotatable bonds is 2. The van der Waals surface area contributed by atoms with Crippen LogP contribution in [-0.2, 0) is 9.59 Å². The van der Waals surface area contributed by atoms with E-state index in [-0.39, 0.29) is 30.1 Å². The summed E-state index contributed by atoms with van der Waals surface area (Å²) in [7, 11) is 0. The summed E-state index contributed by atoms with van der Waals surface area (Å²) < 4.78 is 0. The molecule has 0 bridgehead atoms. The number of piperazine rings is 1. The SMILES string of the molecule is Cl.O=C1NCCN(C(=O)C2CCNCC2)C1c1ccccc1. The molecule has 2 amide bonds. The fourth-order valence-corrected chi connectivity index (χ4v) is 3.17. The fourth-order valence-electron chi connectivity index (χ4n) is 3.17. The highest BCUT2D eigenvalue weighted by Crippen LogP contribution is 2.27. The zero-order chi connectivity index (χ0) is 14.7. The molecule has 0 radical (unpaired) electrons. The maximum absolute atomic E-state index is 12.8. The van der Waals surface area contributed by atoms with Crippen molar-refractivity contribution in [2.24, 2.45) is 5.92 Å². The van der Waals surface area contributed by atoms with Crippen LogP contribution < -0.4 is 10.6 Å². The van der Waals surface area contributed by atoms with E-state index in [1.807, 2.05) is 30.3 Å². The molecule has 3 rings (SSSR count). The third kappa shape index (κ3) is 3.42. The first kappa shape index (κ1) is 16.8. The minimum atomic E-state index is -0.484. The van der Waals surface area contributed by atoms with Crippen molar-refractivity contribution in [2.75, 3.05) is 26.2 Å². The normalized spacial score (nSPS) is 22.6. The molecule has 120 valence electrons. The standard InChI is InChI=1S/C16H21N3O2.ClH/c20-15-14(12-4-2-1-3-5-12)19(11-10-18-15)16(21)13-6-8-17-9-7-13;/h1-5,13-14,17H,6-11H2,(H,18,20);1H. The first-order chi connectivity index (χ1) is 10.3. The van der Waals surface area contributed by atoms with Gasteiger partial charge in [-0.15, -0.1) is 12.4 Å². The van der Waals surface area contributed by atoms with Crippen LogP contribution in [-0.4, -0.2) is 42.9 Å². The van der Waals surface area contributed by atoms with Gasteiger partial charge in [-0.3, -0.25) is 9.59 Å². The molecule has 22 heavy (non-hydrogen) atoms. The summed E-state index contributed by atoms with van der Waals surface area (Å²) in [5.74, 6) is 0.0956. The minimum Gasteiger partial charge on any atom is -0.352 e. The van der Waals surface area contributed by atoms with Gasteiger partial charge in [0.1, 0.15) is 6.04 Å². The molecule has 2 aliphatic rings. The number of piperidine rings is 1. The predicted octanol–water partition coefficient (Wildman–Crippen LogP) is 1.11. The van der Waals surface area contributed by atoms with E-state index >= 15 is 0 Å². The van der Waals surface area contributed by atoms with Crippen molar-refractivity contribution in [1.82, 2.24) is 15.5 Å². The first-order valence-electron chi connectivity index (χ1n) is 7.61. The van der Waals surface area contributed by atoms with Gasteiger partial charge in [-0.25, -0.2) is 0 Å². The summed E-state index contributed by atoms with van der Waals surface area (Å²) in [6, 6.07) is 9.08. The quantitative estimate of drug-likeness (QED) is 0.857. The van der Waals surface area contributed by atoms with Gasteiger partial charge < -0.3 is 15.5 Å². The Morgan fingerprint density at radius 2 is 1.77 bits per heavy atom. The van der Waals surface area contributed by atoms with Crippen LogP contribution in [0.15, 0.2) is 30.3 Å². The Morgan fingerprint density at radius 3 is 2.45 bits per heavy atom. The van der Waals surface area contributed by atoms with Gasteiger partial charge in [0, 0.05) is 19.0 Å². The molecule has 1 aromatic carbocycles. The molecular weight excluding hydrogens is 302 g/mol. The van der Waals surface area contributed by atoms with Gasteiger partial charge in [0.25, 0.3) is 0 Å². The van der Waals surface area contributed by atoms with Crippen LogP contribution >= 0.6 is 12.4 Å². The lowest BCUT2D eigenvalue weighted by Gasteiger charge is -2.38. The fraction of sp³-hybridized carbons (Fsp3) is 0.500. The second-order valence-corrected chi connectivity index (χ2v) is 5.66. The van der Waals surface area contributed by atoms with Crippen LogP contribution in [0.2, 0.25) is 0 Å². The van der Waals surface area contributed by atoms with E-state index in [4.69, 9.17) is 0 Å². The Morgan fingerprint density at radius 1 is 1.09 bits per heavy atom. The van der Waals surface area contributed by atoms with Crippen LogP contribution in [0, 0.1) is 5.92 Å². The third-order valence-electron chi connectivity index (χ3n) is 4.30. The molecule has 2 heterocycles. The number of hydrogen-bond donors (Lipinski definition) is 2. The molecule has 0 spiro atoms. The summed E-state index contributed by atoms with van der Waals surface area (Å²) in [5.41, 5.74) is 0.886. The van der Waals surface area contributed by atoms with Crippen molar-refractivity contribution in [3.63, 3.8) is 0 Å². The van der Waals surface area contributed by atoms with Crippen molar-refractivity contribution in [3.05, 3.63) is 35.9 Å². The zero-order valence-corrected chi connectivity index (χ0v) is 13.3. The molecule has 1 atom stereocenters. The van der Waals surface area contributed by atoms with Crippen molar-refractivity contribution >= 4 is 24.2 Å². The number of nitrogens with one attached hydrogen (secondary N) is 2. The van der Waals surface area contributed by atoms with E-state index in [0.717, 1.165) is 31.5 Å². The summed E-state index contributed by atoms with van der Waals surface area (Å²) in [5, 5.41) is 6.15. The Hall–Kier alpha value is -1.59. The van der Waals surface area contributed by atoms with Crippen molar-refractivity contribution < 1.29 is 9.59 Å². The van der Waals surface area contributed by atoms with Gasteiger partial charge in [-0.2, -0.15) is 0 Å². The molecule has 2 aliphatic heterocycles. The Bertz CT molecular complexity index is 517. The highest BCUT2D eigenvalue weighted by molar-refractivity contribution is 5.90. The molecule has 0 saturated carbocycles. The third-order valence-corrected chi connectivity index (χ3v) is 4.30. The molecule has 6 heteroatoms. The molecule has 2 saturated heterocycles. The van der Waals surface area contributed by atoms with Gasteiger partial charge in [0.15, 0.2) is 0 Å². The van der Waals surface area contributed by atoms with E-state index in [0.29, 0.717) is 13.1 Å². The van der Waals surface area contributed by atoms with Crippen LogP contribution in [0.1, 0.15) is 24.4 Å². The second kappa shape index (κ2) is 7.61. The number of nitrogens with zero attached hydrogens (tertiary/aromatic N) is 1. The summed E-state index contributed by atoms with van der Waals surface area (Å²) >= 11 is 0. The molecule has 5 nitrogen and oxygen atoms in total. The van der Waals surface area contributed by atoms with E-state index in [2.05, 4.69) is 10.6 Å². The number of benzene rings is 1. The molecular formula is C16H22ClN3O2. The molecule has 2 fully saturated rings. The first-order valence-corrected chi connectivity index (χ1v) is 7.61. The molecule has 2 N–H and O–H groups in total. The monoisotopic (exact) mass is 323 g/mol. The van der Waals surface area contributed by atoms with Crippen LogP contribution in [0.4, 0.5) is 0 Å². The molecule has 0 aromatic heterocycles. The number of hydrogen-bond acceptors (Lipinski definition) is 3.